The topological polar surface area (TPSA) is 120 Å². The Balaban J connectivity index is 1.33. The first-order valence-corrected chi connectivity index (χ1v) is 15.0. The van der Waals surface area contributed by atoms with Crippen LogP contribution in [0.4, 0.5) is 18.9 Å². The van der Waals surface area contributed by atoms with Crippen LogP contribution in [0, 0.1) is 0 Å². The van der Waals surface area contributed by atoms with Gasteiger partial charge in [-0.25, -0.2) is 17.9 Å². The summed E-state index contributed by atoms with van der Waals surface area (Å²) < 4.78 is 86.8. The summed E-state index contributed by atoms with van der Waals surface area (Å²) in [5, 5.41) is 3.87. The molecule has 3 heterocycles. The number of esters is 1. The summed E-state index contributed by atoms with van der Waals surface area (Å²) >= 11 is 0. The monoisotopic (exact) mass is 642 g/mol. The molecule has 0 atom stereocenters. The number of rotatable bonds is 6. The Morgan fingerprint density at radius 2 is 1.71 bits per heavy atom. The number of sulfonamides is 1. The molecule has 6 rings (SSSR count). The van der Waals surface area contributed by atoms with E-state index in [-0.39, 0.29) is 52.7 Å². The van der Waals surface area contributed by atoms with Crippen LogP contribution in [-0.2, 0) is 33.9 Å². The number of anilines is 1. The quantitative estimate of drug-likeness (QED) is 0.284. The molecule has 0 saturated carbocycles. The maximum absolute atomic E-state index is 14.1. The van der Waals surface area contributed by atoms with Crippen molar-refractivity contribution in [2.75, 3.05) is 32.4 Å². The molecule has 0 fully saturated rings. The SMILES string of the molecule is COC(=O)c1ccc(S(=O)(=O)N2CCc3c(C(F)(F)F)nn(-c4cccc(C(=O)N(C)c5ccc6c(c5)OCO6)c4)c3C2)cc1. The van der Waals surface area contributed by atoms with E-state index in [0.29, 0.717) is 17.2 Å². The molecule has 4 aromatic rings. The summed E-state index contributed by atoms with van der Waals surface area (Å²) in [6, 6.07) is 16.0. The van der Waals surface area contributed by atoms with Gasteiger partial charge in [0.15, 0.2) is 17.2 Å². The zero-order valence-electron chi connectivity index (χ0n) is 23.9. The summed E-state index contributed by atoms with van der Waals surface area (Å²) in [5.74, 6) is -0.0808. The third kappa shape index (κ3) is 5.48. The number of aromatic nitrogens is 2. The Morgan fingerprint density at radius 1 is 0.978 bits per heavy atom. The Bertz CT molecular complexity index is 1920. The van der Waals surface area contributed by atoms with Gasteiger partial charge in [-0.3, -0.25) is 4.79 Å². The van der Waals surface area contributed by atoms with Gasteiger partial charge < -0.3 is 19.1 Å². The first kappa shape index (κ1) is 30.1. The molecule has 1 aromatic heterocycles. The highest BCUT2D eigenvalue weighted by atomic mass is 32.2. The van der Waals surface area contributed by atoms with E-state index in [9.17, 15) is 31.2 Å². The van der Waals surface area contributed by atoms with E-state index < -0.39 is 40.3 Å². The first-order valence-electron chi connectivity index (χ1n) is 13.5. The van der Waals surface area contributed by atoms with Crippen LogP contribution < -0.4 is 14.4 Å². The van der Waals surface area contributed by atoms with E-state index >= 15 is 0 Å². The molecule has 11 nitrogen and oxygen atoms in total. The maximum atomic E-state index is 14.1. The molecule has 0 radical (unpaired) electrons. The minimum absolute atomic E-state index is 0.0251. The molecule has 234 valence electrons. The van der Waals surface area contributed by atoms with Crippen LogP contribution >= 0.6 is 0 Å². The summed E-state index contributed by atoms with van der Waals surface area (Å²) in [7, 11) is -1.43. The Hall–Kier alpha value is -4.89. The number of alkyl halides is 3. The predicted molar refractivity (Wildman–Crippen MR) is 153 cm³/mol. The molecule has 0 aliphatic carbocycles. The first-order chi connectivity index (χ1) is 21.4. The van der Waals surface area contributed by atoms with Gasteiger partial charge in [-0.15, -0.1) is 0 Å². The van der Waals surface area contributed by atoms with Crippen molar-refractivity contribution in [1.29, 1.82) is 0 Å². The highest BCUT2D eigenvalue weighted by Gasteiger charge is 2.42. The highest BCUT2D eigenvalue weighted by molar-refractivity contribution is 7.89. The number of ether oxygens (including phenoxy) is 3. The standard InChI is InChI=1S/C30H25F3N4O7S/c1-35(20-8-11-25-26(15-20)44-17-43-25)28(38)19-4-3-5-21(14-19)37-24-16-36(13-12-23(24)27(34-37)30(31,32)33)45(40,41)22-9-6-18(7-10-22)29(39)42-2/h3-11,14-15H,12-13,16-17H2,1-2H3. The van der Waals surface area contributed by atoms with Crippen LogP contribution in [0.25, 0.3) is 5.69 Å². The number of carbonyl (C=O) groups is 2. The molecule has 0 spiro atoms. The number of amides is 1. The van der Waals surface area contributed by atoms with Gasteiger partial charge in [-0.05, 0) is 61.0 Å². The highest BCUT2D eigenvalue weighted by Crippen LogP contribution is 2.38. The third-order valence-electron chi connectivity index (χ3n) is 7.59. The van der Waals surface area contributed by atoms with Crippen LogP contribution in [0.5, 0.6) is 11.5 Å². The molecule has 15 heteroatoms. The molecule has 45 heavy (non-hydrogen) atoms. The number of hydrogen-bond acceptors (Lipinski definition) is 8. The second-order valence-electron chi connectivity index (χ2n) is 10.2. The minimum atomic E-state index is -4.80. The van der Waals surface area contributed by atoms with Crippen LogP contribution in [0.15, 0.2) is 71.6 Å². The number of fused-ring (bicyclic) bond motifs is 2. The molecule has 1 amide bonds. The van der Waals surface area contributed by atoms with Gasteiger partial charge in [-0.2, -0.15) is 22.6 Å². The molecule has 0 bridgehead atoms. The number of methoxy groups -OCH3 is 1. The number of benzene rings is 3. The largest absolute Gasteiger partial charge is 0.465 e. The fourth-order valence-corrected chi connectivity index (χ4v) is 6.65. The summed E-state index contributed by atoms with van der Waals surface area (Å²) in [6.45, 7) is -0.566. The van der Waals surface area contributed by atoms with E-state index in [1.54, 1.807) is 25.2 Å². The van der Waals surface area contributed by atoms with Crippen molar-refractivity contribution in [3.63, 3.8) is 0 Å². The number of halogens is 3. The van der Waals surface area contributed by atoms with E-state index in [0.717, 1.165) is 8.99 Å². The normalized spacial score (nSPS) is 14.6. The van der Waals surface area contributed by atoms with Gasteiger partial charge in [0.2, 0.25) is 16.8 Å². The van der Waals surface area contributed by atoms with Crippen molar-refractivity contribution in [2.45, 2.75) is 24.0 Å². The molecule has 0 saturated heterocycles. The van der Waals surface area contributed by atoms with E-state index in [1.807, 2.05) is 0 Å². The minimum Gasteiger partial charge on any atom is -0.465 e. The lowest BCUT2D eigenvalue weighted by molar-refractivity contribution is -0.142. The number of nitrogens with zero attached hydrogens (tertiary/aromatic N) is 4. The number of hydrogen-bond donors (Lipinski definition) is 0. The van der Waals surface area contributed by atoms with Crippen LogP contribution in [0.3, 0.4) is 0 Å². The van der Waals surface area contributed by atoms with Gasteiger partial charge in [-0.1, -0.05) is 6.07 Å². The van der Waals surface area contributed by atoms with Crippen molar-refractivity contribution in [1.82, 2.24) is 14.1 Å². The molecular formula is C30H25F3N4O7S. The molecule has 2 aliphatic heterocycles. The van der Waals surface area contributed by atoms with Gasteiger partial charge in [0.25, 0.3) is 5.91 Å². The lowest BCUT2D eigenvalue weighted by Gasteiger charge is -2.27. The van der Waals surface area contributed by atoms with E-state index in [2.05, 4.69) is 9.84 Å². The van der Waals surface area contributed by atoms with Crippen LogP contribution in [0.2, 0.25) is 0 Å². The fraction of sp³-hybridized carbons (Fsp3) is 0.233. The van der Waals surface area contributed by atoms with Crippen molar-refractivity contribution in [3.05, 3.63) is 94.8 Å². The molecule has 0 N–H and O–H groups in total. The van der Waals surface area contributed by atoms with Crippen molar-refractivity contribution in [3.8, 4) is 17.2 Å². The van der Waals surface area contributed by atoms with Crippen molar-refractivity contribution < 1.29 is 45.4 Å². The molecule has 3 aromatic carbocycles. The van der Waals surface area contributed by atoms with E-state index in [1.165, 1.54) is 60.5 Å². The van der Waals surface area contributed by atoms with Gasteiger partial charge in [0.05, 0.1) is 35.5 Å². The third-order valence-corrected chi connectivity index (χ3v) is 9.45. The number of carbonyl (C=O) groups excluding carboxylic acids is 2. The van der Waals surface area contributed by atoms with Gasteiger partial charge >= 0.3 is 12.1 Å². The Kier molecular flexibility index (Phi) is 7.53. The van der Waals surface area contributed by atoms with Crippen molar-refractivity contribution >= 4 is 27.6 Å². The summed E-state index contributed by atoms with van der Waals surface area (Å²) in [5.41, 5.74) is -0.257. The zero-order chi connectivity index (χ0) is 32.1. The summed E-state index contributed by atoms with van der Waals surface area (Å²) in [6.07, 6.45) is -5.04. The molecular weight excluding hydrogens is 617 g/mol. The smallest absolute Gasteiger partial charge is 0.435 e. The van der Waals surface area contributed by atoms with Crippen LogP contribution in [0.1, 0.15) is 37.7 Å². The van der Waals surface area contributed by atoms with Gasteiger partial charge in [0.1, 0.15) is 0 Å². The zero-order valence-corrected chi connectivity index (χ0v) is 24.7. The fourth-order valence-electron chi connectivity index (χ4n) is 5.24. The predicted octanol–water partition coefficient (Wildman–Crippen LogP) is 4.43. The lowest BCUT2D eigenvalue weighted by atomic mass is 10.1. The average Bonchev–Trinajstić information content (AvgIpc) is 3.68. The second-order valence-corrected chi connectivity index (χ2v) is 12.2. The van der Waals surface area contributed by atoms with Gasteiger partial charge in [0, 0.05) is 36.5 Å². The van der Waals surface area contributed by atoms with Crippen LogP contribution in [-0.4, -0.2) is 61.9 Å². The Labute approximate surface area is 255 Å². The lowest BCUT2D eigenvalue weighted by Crippen LogP contribution is -2.37. The van der Waals surface area contributed by atoms with Crippen molar-refractivity contribution in [2.24, 2.45) is 0 Å². The molecule has 0 unspecified atom stereocenters. The second kappa shape index (κ2) is 11.2. The average molecular weight is 643 g/mol. The molecule has 2 aliphatic rings. The maximum Gasteiger partial charge on any atom is 0.435 e. The Morgan fingerprint density at radius 3 is 2.42 bits per heavy atom. The summed E-state index contributed by atoms with van der Waals surface area (Å²) in [4.78, 5) is 26.4. The van der Waals surface area contributed by atoms with E-state index in [4.69, 9.17) is 9.47 Å².